The van der Waals surface area contributed by atoms with Crippen LogP contribution in [0.4, 0.5) is 0 Å². The summed E-state index contributed by atoms with van der Waals surface area (Å²) in [5.41, 5.74) is 5.98. The first-order valence-electron chi connectivity index (χ1n) is 4.49. The predicted molar refractivity (Wildman–Crippen MR) is 52.0 cm³/mol. The van der Waals surface area contributed by atoms with Gasteiger partial charge >= 0.3 is 0 Å². The summed E-state index contributed by atoms with van der Waals surface area (Å²) in [6.07, 6.45) is 0. The Morgan fingerprint density at radius 1 is 1.64 bits per heavy atom. The Labute approximate surface area is 82.7 Å². The van der Waals surface area contributed by atoms with Crippen LogP contribution in [0.5, 0.6) is 0 Å². The highest BCUT2D eigenvalue weighted by atomic mass is 16.4. The van der Waals surface area contributed by atoms with Gasteiger partial charge in [0.05, 0.1) is 5.69 Å². The minimum atomic E-state index is -0.263. The number of nitrogens with one attached hydrogen (secondary N) is 1. The topological polar surface area (TPSA) is 81.2 Å². The molecule has 5 heteroatoms. The molecule has 3 N–H and O–H groups in total. The van der Waals surface area contributed by atoms with E-state index >= 15 is 0 Å². The summed E-state index contributed by atoms with van der Waals surface area (Å²) in [6, 6.07) is -0.0627. The fraction of sp³-hybridized carbons (Fsp3) is 0.556. The van der Waals surface area contributed by atoms with Crippen molar-refractivity contribution < 1.29 is 9.21 Å². The first kappa shape index (κ1) is 10.7. The molecule has 1 rings (SSSR count). The monoisotopic (exact) mass is 197 g/mol. The number of carbonyl (C=O) groups is 1. The molecule has 0 aromatic carbocycles. The zero-order valence-corrected chi connectivity index (χ0v) is 8.63. The molecule has 5 nitrogen and oxygen atoms in total. The molecule has 14 heavy (non-hydrogen) atoms. The number of rotatable bonds is 3. The molecule has 1 atom stereocenters. The Morgan fingerprint density at radius 2 is 2.29 bits per heavy atom. The van der Waals surface area contributed by atoms with E-state index in [-0.39, 0.29) is 17.7 Å². The molecular weight excluding hydrogens is 182 g/mol. The van der Waals surface area contributed by atoms with Gasteiger partial charge in [-0.1, -0.05) is 0 Å². The van der Waals surface area contributed by atoms with Crippen molar-refractivity contribution in [2.75, 3.05) is 6.54 Å². The van der Waals surface area contributed by atoms with Crippen LogP contribution in [0.15, 0.2) is 4.42 Å². The Morgan fingerprint density at radius 3 is 2.71 bits per heavy atom. The highest BCUT2D eigenvalue weighted by Gasteiger charge is 2.16. The maximum Gasteiger partial charge on any atom is 0.289 e. The fourth-order valence-electron chi connectivity index (χ4n) is 1.09. The molecule has 1 amide bonds. The van der Waals surface area contributed by atoms with Crippen LogP contribution in [0.1, 0.15) is 29.1 Å². The van der Waals surface area contributed by atoms with Gasteiger partial charge in [0.1, 0.15) is 0 Å². The van der Waals surface area contributed by atoms with Crippen LogP contribution in [0.3, 0.4) is 0 Å². The van der Waals surface area contributed by atoms with Crippen molar-refractivity contribution in [1.82, 2.24) is 10.3 Å². The zero-order chi connectivity index (χ0) is 10.7. The number of nitrogens with two attached hydrogens (primary N) is 1. The van der Waals surface area contributed by atoms with E-state index in [4.69, 9.17) is 10.2 Å². The smallest absolute Gasteiger partial charge is 0.289 e. The largest absolute Gasteiger partial charge is 0.436 e. The molecule has 1 aromatic heterocycles. The molecule has 0 aliphatic rings. The first-order chi connectivity index (χ1) is 6.54. The molecule has 0 saturated heterocycles. The second-order valence-electron chi connectivity index (χ2n) is 3.26. The van der Waals surface area contributed by atoms with Gasteiger partial charge < -0.3 is 15.5 Å². The Balaban J connectivity index is 2.74. The van der Waals surface area contributed by atoms with Crippen molar-refractivity contribution in [3.05, 3.63) is 17.3 Å². The minimum Gasteiger partial charge on any atom is -0.436 e. The molecule has 1 aromatic rings. The summed E-state index contributed by atoms with van der Waals surface area (Å²) in [5.74, 6) is 0.497. The van der Waals surface area contributed by atoms with Gasteiger partial charge in [-0.3, -0.25) is 4.79 Å². The highest BCUT2D eigenvalue weighted by Crippen LogP contribution is 2.08. The molecule has 0 aliphatic carbocycles. The maximum absolute atomic E-state index is 11.5. The summed E-state index contributed by atoms with van der Waals surface area (Å²) >= 11 is 0. The number of hydrogen-bond donors (Lipinski definition) is 2. The SMILES string of the molecule is Cc1nc(C)c(C(=O)N[C@H](C)CN)o1. The second kappa shape index (κ2) is 4.23. The van der Waals surface area contributed by atoms with E-state index in [1.807, 2.05) is 6.92 Å². The molecule has 0 spiro atoms. The van der Waals surface area contributed by atoms with E-state index in [0.717, 1.165) is 0 Å². The van der Waals surface area contributed by atoms with E-state index < -0.39 is 0 Å². The van der Waals surface area contributed by atoms with Gasteiger partial charge in [-0.2, -0.15) is 0 Å². The molecule has 78 valence electrons. The van der Waals surface area contributed by atoms with Crippen LogP contribution < -0.4 is 11.1 Å². The Kier molecular flexibility index (Phi) is 3.24. The van der Waals surface area contributed by atoms with Crippen molar-refractivity contribution in [2.24, 2.45) is 5.73 Å². The van der Waals surface area contributed by atoms with Gasteiger partial charge in [-0.15, -0.1) is 0 Å². The number of amides is 1. The number of aryl methyl sites for hydroxylation is 2. The number of hydrogen-bond acceptors (Lipinski definition) is 4. The number of aromatic nitrogens is 1. The number of oxazole rings is 1. The van der Waals surface area contributed by atoms with Gasteiger partial charge in [0, 0.05) is 19.5 Å². The zero-order valence-electron chi connectivity index (χ0n) is 8.63. The summed E-state index contributed by atoms with van der Waals surface area (Å²) in [5, 5.41) is 2.70. The summed E-state index contributed by atoms with van der Waals surface area (Å²) < 4.78 is 5.16. The van der Waals surface area contributed by atoms with Crippen molar-refractivity contribution in [3.63, 3.8) is 0 Å². The average Bonchev–Trinajstić information content (AvgIpc) is 2.45. The highest BCUT2D eigenvalue weighted by molar-refractivity contribution is 5.92. The van der Waals surface area contributed by atoms with Crippen molar-refractivity contribution in [2.45, 2.75) is 26.8 Å². The van der Waals surface area contributed by atoms with Crippen LogP contribution >= 0.6 is 0 Å². The Bertz CT molecular complexity index is 333. The fourth-order valence-corrected chi connectivity index (χ4v) is 1.09. The second-order valence-corrected chi connectivity index (χ2v) is 3.26. The molecule has 0 saturated carbocycles. The quantitative estimate of drug-likeness (QED) is 0.733. The summed E-state index contributed by atoms with van der Waals surface area (Å²) in [7, 11) is 0. The van der Waals surface area contributed by atoms with Gasteiger partial charge in [-0.05, 0) is 13.8 Å². The number of nitrogens with zero attached hydrogens (tertiary/aromatic N) is 1. The average molecular weight is 197 g/mol. The van der Waals surface area contributed by atoms with Crippen molar-refractivity contribution in [1.29, 1.82) is 0 Å². The van der Waals surface area contributed by atoms with Crippen molar-refractivity contribution in [3.8, 4) is 0 Å². The lowest BCUT2D eigenvalue weighted by Crippen LogP contribution is -2.37. The molecule has 0 unspecified atom stereocenters. The third kappa shape index (κ3) is 2.32. The lowest BCUT2D eigenvalue weighted by Gasteiger charge is -2.09. The molecule has 1 heterocycles. The molecule has 0 aliphatic heterocycles. The maximum atomic E-state index is 11.5. The first-order valence-corrected chi connectivity index (χ1v) is 4.49. The molecule has 0 radical (unpaired) electrons. The van der Waals surface area contributed by atoms with Gasteiger partial charge in [0.2, 0.25) is 5.76 Å². The van der Waals surface area contributed by atoms with Crippen LogP contribution in [-0.2, 0) is 0 Å². The van der Waals surface area contributed by atoms with E-state index in [9.17, 15) is 4.79 Å². The predicted octanol–water partition coefficient (Wildman–Crippen LogP) is 0.368. The van der Waals surface area contributed by atoms with Crippen LogP contribution in [0.25, 0.3) is 0 Å². The summed E-state index contributed by atoms with van der Waals surface area (Å²) in [4.78, 5) is 15.6. The molecular formula is C9H15N3O2. The van der Waals surface area contributed by atoms with Crippen LogP contribution in [-0.4, -0.2) is 23.5 Å². The minimum absolute atomic E-state index is 0.0627. The van der Waals surface area contributed by atoms with E-state index in [1.54, 1.807) is 13.8 Å². The van der Waals surface area contributed by atoms with E-state index in [2.05, 4.69) is 10.3 Å². The van der Waals surface area contributed by atoms with E-state index in [0.29, 0.717) is 18.1 Å². The van der Waals surface area contributed by atoms with E-state index in [1.165, 1.54) is 0 Å². The Hall–Kier alpha value is -1.36. The van der Waals surface area contributed by atoms with Crippen molar-refractivity contribution >= 4 is 5.91 Å². The third-order valence-electron chi connectivity index (χ3n) is 1.84. The lowest BCUT2D eigenvalue weighted by molar-refractivity contribution is 0.0911. The lowest BCUT2D eigenvalue weighted by atomic mass is 10.3. The summed E-state index contributed by atoms with van der Waals surface area (Å²) in [6.45, 7) is 5.67. The number of carbonyl (C=O) groups excluding carboxylic acids is 1. The molecule has 0 bridgehead atoms. The standard InChI is InChI=1S/C9H15N3O2/c1-5(4-10)11-9(13)8-6(2)12-7(3)14-8/h5H,4,10H2,1-3H3,(H,11,13)/t5-/m1/s1. The molecule has 0 fully saturated rings. The normalized spacial score (nSPS) is 12.6. The van der Waals surface area contributed by atoms with Crippen LogP contribution in [0.2, 0.25) is 0 Å². The van der Waals surface area contributed by atoms with Gasteiger partial charge in [0.25, 0.3) is 5.91 Å². The third-order valence-corrected chi connectivity index (χ3v) is 1.84. The van der Waals surface area contributed by atoms with Crippen LogP contribution in [0, 0.1) is 13.8 Å². The van der Waals surface area contributed by atoms with Gasteiger partial charge in [-0.25, -0.2) is 4.98 Å². The van der Waals surface area contributed by atoms with Gasteiger partial charge in [0.15, 0.2) is 5.89 Å².